The maximum atomic E-state index is 12.4. The topological polar surface area (TPSA) is 57.7 Å². The van der Waals surface area contributed by atoms with E-state index in [9.17, 15) is 4.79 Å². The van der Waals surface area contributed by atoms with Gasteiger partial charge < -0.3 is 19.9 Å². The first-order valence-electron chi connectivity index (χ1n) is 9.87. The number of anilines is 1. The lowest BCUT2D eigenvalue weighted by molar-refractivity contribution is 0.206. The van der Waals surface area contributed by atoms with Gasteiger partial charge in [0.1, 0.15) is 11.6 Å². The first-order valence-corrected chi connectivity index (χ1v) is 9.87. The molecule has 1 saturated heterocycles. The Balaban J connectivity index is 1.48. The second-order valence-corrected chi connectivity index (χ2v) is 7.56. The third kappa shape index (κ3) is 5.38. The van der Waals surface area contributed by atoms with Crippen LogP contribution in [0, 0.1) is 5.92 Å². The van der Waals surface area contributed by atoms with Crippen molar-refractivity contribution in [3.05, 3.63) is 53.7 Å². The van der Waals surface area contributed by atoms with Crippen molar-refractivity contribution in [2.24, 2.45) is 5.92 Å². The number of amides is 2. The van der Waals surface area contributed by atoms with Crippen LogP contribution in [-0.4, -0.2) is 43.2 Å². The molecule has 0 aliphatic carbocycles. The summed E-state index contributed by atoms with van der Waals surface area (Å²) in [6.07, 6.45) is 4.30. The Morgan fingerprint density at radius 2 is 2.04 bits per heavy atom. The molecule has 2 amide bonds. The van der Waals surface area contributed by atoms with Crippen LogP contribution in [0.5, 0.6) is 5.75 Å². The van der Waals surface area contributed by atoms with E-state index >= 15 is 0 Å². The molecule has 0 saturated carbocycles. The summed E-state index contributed by atoms with van der Waals surface area (Å²) in [4.78, 5) is 21.0. The molecule has 1 aromatic carbocycles. The number of pyridine rings is 1. The number of methoxy groups -OCH3 is 1. The highest BCUT2D eigenvalue weighted by molar-refractivity contribution is 5.73. The Bertz CT molecular complexity index is 770. The SMILES string of the molecule is COc1cccc(CN(C)C(=O)NCc2ccc(N3CCC(C)CC3)nc2)c1. The molecule has 28 heavy (non-hydrogen) atoms. The van der Waals surface area contributed by atoms with Crippen LogP contribution in [0.1, 0.15) is 30.9 Å². The normalized spacial score (nSPS) is 14.6. The molecular formula is C22H30N4O2. The van der Waals surface area contributed by atoms with Crippen LogP contribution in [0.3, 0.4) is 0 Å². The first kappa shape index (κ1) is 20.0. The number of rotatable bonds is 6. The van der Waals surface area contributed by atoms with Gasteiger partial charge in [0.25, 0.3) is 0 Å². The van der Waals surface area contributed by atoms with Gasteiger partial charge in [-0.15, -0.1) is 0 Å². The minimum Gasteiger partial charge on any atom is -0.497 e. The van der Waals surface area contributed by atoms with Crippen molar-refractivity contribution < 1.29 is 9.53 Å². The standard InChI is InChI=1S/C22H30N4O2/c1-17-9-11-26(12-10-17)21-8-7-19(14-23-21)15-24-22(27)25(2)16-18-5-4-6-20(13-18)28-3/h4-8,13-14,17H,9-12,15-16H2,1-3H3,(H,24,27). The Morgan fingerprint density at radius 3 is 2.71 bits per heavy atom. The summed E-state index contributed by atoms with van der Waals surface area (Å²) in [7, 11) is 3.42. The Kier molecular flexibility index (Phi) is 6.74. The number of carbonyl (C=O) groups excluding carboxylic acids is 1. The van der Waals surface area contributed by atoms with Crippen LogP contribution >= 0.6 is 0 Å². The minimum absolute atomic E-state index is 0.114. The van der Waals surface area contributed by atoms with Crippen LogP contribution in [-0.2, 0) is 13.1 Å². The molecule has 1 fully saturated rings. The molecule has 3 rings (SSSR count). The number of hydrogen-bond acceptors (Lipinski definition) is 4. The van der Waals surface area contributed by atoms with Crippen LogP contribution in [0.25, 0.3) is 0 Å². The Hall–Kier alpha value is -2.76. The van der Waals surface area contributed by atoms with E-state index in [-0.39, 0.29) is 6.03 Å². The Morgan fingerprint density at radius 1 is 1.25 bits per heavy atom. The Labute approximate surface area is 167 Å². The third-order valence-corrected chi connectivity index (χ3v) is 5.26. The summed E-state index contributed by atoms with van der Waals surface area (Å²) < 4.78 is 5.23. The first-order chi connectivity index (χ1) is 13.5. The van der Waals surface area contributed by atoms with Gasteiger partial charge in [0.15, 0.2) is 0 Å². The van der Waals surface area contributed by atoms with Crippen molar-refractivity contribution in [3.8, 4) is 5.75 Å². The van der Waals surface area contributed by atoms with Crippen molar-refractivity contribution >= 4 is 11.8 Å². The predicted molar refractivity (Wildman–Crippen MR) is 112 cm³/mol. The zero-order chi connectivity index (χ0) is 19.9. The number of piperidine rings is 1. The van der Waals surface area contributed by atoms with Crippen LogP contribution in [0.15, 0.2) is 42.6 Å². The van der Waals surface area contributed by atoms with Crippen molar-refractivity contribution in [1.29, 1.82) is 0 Å². The molecule has 0 spiro atoms. The van der Waals surface area contributed by atoms with Crippen LogP contribution in [0.4, 0.5) is 10.6 Å². The maximum Gasteiger partial charge on any atom is 0.317 e. The maximum absolute atomic E-state index is 12.4. The zero-order valence-corrected chi connectivity index (χ0v) is 17.0. The van der Waals surface area contributed by atoms with Crippen LogP contribution in [0.2, 0.25) is 0 Å². The highest BCUT2D eigenvalue weighted by atomic mass is 16.5. The monoisotopic (exact) mass is 382 g/mol. The average molecular weight is 383 g/mol. The molecule has 1 aromatic heterocycles. The molecular weight excluding hydrogens is 352 g/mol. The van der Waals surface area contributed by atoms with Gasteiger partial charge in [-0.05, 0) is 48.1 Å². The molecule has 6 nitrogen and oxygen atoms in total. The second-order valence-electron chi connectivity index (χ2n) is 7.56. The van der Waals surface area contributed by atoms with Gasteiger partial charge in [-0.2, -0.15) is 0 Å². The molecule has 0 atom stereocenters. The molecule has 0 unspecified atom stereocenters. The van der Waals surface area contributed by atoms with E-state index in [0.717, 1.165) is 41.7 Å². The summed E-state index contributed by atoms with van der Waals surface area (Å²) >= 11 is 0. The van der Waals surface area contributed by atoms with E-state index in [1.165, 1.54) is 12.8 Å². The molecule has 2 heterocycles. The van der Waals surface area contributed by atoms with Gasteiger partial charge in [-0.1, -0.05) is 25.1 Å². The zero-order valence-electron chi connectivity index (χ0n) is 17.0. The lowest BCUT2D eigenvalue weighted by Gasteiger charge is -2.31. The third-order valence-electron chi connectivity index (χ3n) is 5.26. The van der Waals surface area contributed by atoms with Crippen molar-refractivity contribution in [3.63, 3.8) is 0 Å². The molecule has 1 aliphatic rings. The van der Waals surface area contributed by atoms with Gasteiger partial charge in [-0.3, -0.25) is 0 Å². The molecule has 1 aliphatic heterocycles. The number of hydrogen-bond donors (Lipinski definition) is 1. The highest BCUT2D eigenvalue weighted by Crippen LogP contribution is 2.21. The van der Waals surface area contributed by atoms with Crippen molar-refractivity contribution in [2.45, 2.75) is 32.9 Å². The number of ether oxygens (including phenoxy) is 1. The minimum atomic E-state index is -0.114. The van der Waals surface area contributed by atoms with E-state index in [2.05, 4.69) is 28.2 Å². The smallest absolute Gasteiger partial charge is 0.317 e. The van der Waals surface area contributed by atoms with E-state index < -0.39 is 0 Å². The fourth-order valence-electron chi connectivity index (χ4n) is 3.38. The molecule has 6 heteroatoms. The summed E-state index contributed by atoms with van der Waals surface area (Å²) in [6, 6.07) is 11.7. The largest absolute Gasteiger partial charge is 0.497 e. The number of nitrogens with zero attached hydrogens (tertiary/aromatic N) is 3. The fraction of sp³-hybridized carbons (Fsp3) is 0.455. The second kappa shape index (κ2) is 9.44. The van der Waals surface area contributed by atoms with Gasteiger partial charge >= 0.3 is 6.03 Å². The lowest BCUT2D eigenvalue weighted by Crippen LogP contribution is -2.36. The van der Waals surface area contributed by atoms with E-state index in [0.29, 0.717) is 13.1 Å². The summed E-state index contributed by atoms with van der Waals surface area (Å²) in [5.74, 6) is 2.62. The summed E-state index contributed by atoms with van der Waals surface area (Å²) in [5, 5.41) is 2.95. The van der Waals surface area contributed by atoms with Crippen molar-refractivity contribution in [1.82, 2.24) is 15.2 Å². The van der Waals surface area contributed by atoms with Crippen molar-refractivity contribution in [2.75, 3.05) is 32.1 Å². The van der Waals surface area contributed by atoms with E-state index in [1.54, 1.807) is 19.1 Å². The fourth-order valence-corrected chi connectivity index (χ4v) is 3.38. The highest BCUT2D eigenvalue weighted by Gasteiger charge is 2.16. The summed E-state index contributed by atoms with van der Waals surface area (Å²) in [5.41, 5.74) is 2.02. The molecule has 0 bridgehead atoms. The predicted octanol–water partition coefficient (Wildman–Crippen LogP) is 3.67. The van der Waals surface area contributed by atoms with Gasteiger partial charge in [-0.25, -0.2) is 9.78 Å². The van der Waals surface area contributed by atoms with Gasteiger partial charge in [0.05, 0.1) is 7.11 Å². The van der Waals surface area contributed by atoms with E-state index in [4.69, 9.17) is 4.74 Å². The lowest BCUT2D eigenvalue weighted by atomic mass is 9.99. The van der Waals surface area contributed by atoms with Gasteiger partial charge in [0, 0.05) is 39.4 Å². The summed E-state index contributed by atoms with van der Waals surface area (Å²) in [6.45, 7) is 5.43. The quantitative estimate of drug-likeness (QED) is 0.828. The van der Waals surface area contributed by atoms with Gasteiger partial charge in [0.2, 0.25) is 0 Å². The average Bonchev–Trinajstić information content (AvgIpc) is 2.73. The molecule has 2 aromatic rings. The van der Waals surface area contributed by atoms with Crippen LogP contribution < -0.4 is 15.0 Å². The number of urea groups is 1. The number of aromatic nitrogens is 1. The number of nitrogens with one attached hydrogen (secondary N) is 1. The van der Waals surface area contributed by atoms with E-state index in [1.807, 2.05) is 36.5 Å². The number of benzene rings is 1. The molecule has 1 N–H and O–H groups in total. The number of carbonyl (C=O) groups is 1. The molecule has 150 valence electrons. The molecule has 0 radical (unpaired) electrons.